The molecule has 0 heterocycles. The van der Waals surface area contributed by atoms with E-state index in [1.807, 2.05) is 20.8 Å². The van der Waals surface area contributed by atoms with Crippen molar-refractivity contribution in [2.75, 3.05) is 27.4 Å². The second-order valence-corrected chi connectivity index (χ2v) is 10.5. The zero-order valence-corrected chi connectivity index (χ0v) is 26.2. The third kappa shape index (κ3) is 7.39. The fourth-order valence-electron chi connectivity index (χ4n) is 5.19. The quantitative estimate of drug-likeness (QED) is 0.115. The van der Waals surface area contributed by atoms with Crippen LogP contribution in [-0.2, 0) is 0 Å². The monoisotopic (exact) mass is 596 g/mol. The molecule has 0 aliphatic heterocycles. The van der Waals surface area contributed by atoms with Crippen molar-refractivity contribution in [3.63, 3.8) is 0 Å². The largest absolute Gasteiger partial charge is 0.496 e. The van der Waals surface area contributed by atoms with Gasteiger partial charge in [-0.1, -0.05) is 0 Å². The molecule has 9 heteroatoms. The highest BCUT2D eigenvalue weighted by atomic mass is 19.1. The summed E-state index contributed by atoms with van der Waals surface area (Å²) in [6, 6.07) is 6.00. The molecule has 0 unspecified atom stereocenters. The van der Waals surface area contributed by atoms with Crippen LogP contribution in [0.15, 0.2) is 24.3 Å². The van der Waals surface area contributed by atoms with Crippen molar-refractivity contribution in [2.45, 2.75) is 67.2 Å². The lowest BCUT2D eigenvalue weighted by molar-refractivity contribution is 0.0685. The summed E-state index contributed by atoms with van der Waals surface area (Å²) in [6.45, 7) is 11.7. The van der Waals surface area contributed by atoms with Crippen molar-refractivity contribution in [3.8, 4) is 28.7 Å². The summed E-state index contributed by atoms with van der Waals surface area (Å²) in [7, 11) is 2.89. The predicted octanol–water partition coefficient (Wildman–Crippen LogP) is 7.63. The zero-order chi connectivity index (χ0) is 31.8. The summed E-state index contributed by atoms with van der Waals surface area (Å²) in [4.78, 5) is 25.4. The highest BCUT2D eigenvalue weighted by Crippen LogP contribution is 2.44. The minimum absolute atomic E-state index is 0.0225. The number of halogens is 1. The molecule has 0 fully saturated rings. The van der Waals surface area contributed by atoms with Crippen LogP contribution in [0.2, 0.25) is 0 Å². The van der Waals surface area contributed by atoms with Gasteiger partial charge in [0.05, 0.1) is 33.0 Å². The molecule has 0 aliphatic rings. The number of methoxy groups -OCH3 is 2. The minimum atomic E-state index is -1.13. The minimum Gasteiger partial charge on any atom is -0.496 e. The standard InChI is InChI=1S/C34H41FO8/c1-19-20(2)28(33(36)37)30(39-7)23(5)27(19)34(38)43-32-22(4)21(3)29(24(6)31(32)40-8)42-18-12-10-9-11-17-41-26-15-13-25(35)14-16-26/h13-16H,9-12,17-18H2,1-8H3,(H,36,37). The predicted molar refractivity (Wildman–Crippen MR) is 162 cm³/mol. The van der Waals surface area contributed by atoms with E-state index in [0.717, 1.165) is 31.2 Å². The van der Waals surface area contributed by atoms with Crippen LogP contribution in [0.5, 0.6) is 28.7 Å². The SMILES string of the molecule is COc1c(C)c(OCCCCCCOc2ccc(F)cc2)c(C)c(C)c1OC(=O)c1c(C)c(C)c(C(=O)O)c(OC)c1C. The average molecular weight is 597 g/mol. The van der Waals surface area contributed by atoms with Gasteiger partial charge in [-0.05, 0) is 108 Å². The molecule has 3 rings (SSSR count). The third-order valence-electron chi connectivity index (χ3n) is 7.77. The van der Waals surface area contributed by atoms with Crippen molar-refractivity contribution in [1.29, 1.82) is 0 Å². The van der Waals surface area contributed by atoms with Gasteiger partial charge in [0, 0.05) is 16.7 Å². The molecule has 0 amide bonds. The number of carboxylic acids is 1. The van der Waals surface area contributed by atoms with Crippen LogP contribution >= 0.6 is 0 Å². The Bertz CT molecular complexity index is 1480. The van der Waals surface area contributed by atoms with Gasteiger partial charge in [-0.3, -0.25) is 0 Å². The summed E-state index contributed by atoms with van der Waals surface area (Å²) in [5.41, 5.74) is 3.84. The zero-order valence-electron chi connectivity index (χ0n) is 26.2. The summed E-state index contributed by atoms with van der Waals surface area (Å²) in [5, 5.41) is 9.72. The molecule has 3 aromatic carbocycles. The molecule has 1 N–H and O–H groups in total. The Morgan fingerprint density at radius 3 is 1.72 bits per heavy atom. The molecule has 0 saturated carbocycles. The maximum atomic E-state index is 13.6. The normalized spacial score (nSPS) is 10.8. The van der Waals surface area contributed by atoms with E-state index in [0.29, 0.717) is 58.3 Å². The number of carbonyl (C=O) groups excluding carboxylic acids is 1. The molecule has 8 nitrogen and oxygen atoms in total. The van der Waals surface area contributed by atoms with E-state index >= 15 is 0 Å². The number of carboxylic acid groups (broad SMARTS) is 1. The Labute approximate surface area is 252 Å². The molecule has 0 saturated heterocycles. The van der Waals surface area contributed by atoms with E-state index in [4.69, 9.17) is 23.7 Å². The van der Waals surface area contributed by atoms with Crippen LogP contribution in [0.3, 0.4) is 0 Å². The van der Waals surface area contributed by atoms with Crippen LogP contribution in [-0.4, -0.2) is 44.5 Å². The Morgan fingerprint density at radius 2 is 1.16 bits per heavy atom. The fraction of sp³-hybridized carbons (Fsp3) is 0.412. The smallest absolute Gasteiger partial charge is 0.344 e. The molecule has 0 spiro atoms. The fourth-order valence-corrected chi connectivity index (χ4v) is 5.19. The maximum Gasteiger partial charge on any atom is 0.344 e. The Balaban J connectivity index is 1.69. The van der Waals surface area contributed by atoms with Crippen LogP contribution in [0, 0.1) is 47.4 Å². The topological polar surface area (TPSA) is 101 Å². The van der Waals surface area contributed by atoms with E-state index in [-0.39, 0.29) is 28.4 Å². The summed E-state index contributed by atoms with van der Waals surface area (Å²) < 4.78 is 41.9. The van der Waals surface area contributed by atoms with Crippen molar-refractivity contribution in [1.82, 2.24) is 0 Å². The Hall–Kier alpha value is -4.27. The number of benzene rings is 3. The van der Waals surface area contributed by atoms with Gasteiger partial charge in [0.25, 0.3) is 0 Å². The number of aromatic carboxylic acids is 1. The van der Waals surface area contributed by atoms with Crippen LogP contribution in [0.4, 0.5) is 4.39 Å². The van der Waals surface area contributed by atoms with E-state index in [2.05, 4.69) is 0 Å². The number of rotatable bonds is 14. The summed E-state index contributed by atoms with van der Waals surface area (Å²) in [6.07, 6.45) is 3.65. The van der Waals surface area contributed by atoms with E-state index < -0.39 is 11.9 Å². The van der Waals surface area contributed by atoms with Crippen molar-refractivity contribution in [3.05, 3.63) is 74.6 Å². The van der Waals surface area contributed by atoms with Gasteiger partial charge < -0.3 is 28.8 Å². The first-order chi connectivity index (χ1) is 20.4. The molecule has 232 valence electrons. The van der Waals surface area contributed by atoms with E-state index in [9.17, 15) is 19.1 Å². The molecule has 3 aromatic rings. The molecule has 0 aromatic heterocycles. The van der Waals surface area contributed by atoms with Gasteiger partial charge in [-0.2, -0.15) is 0 Å². The number of esters is 1. The van der Waals surface area contributed by atoms with Gasteiger partial charge in [-0.15, -0.1) is 0 Å². The number of hydrogen-bond donors (Lipinski definition) is 1. The van der Waals surface area contributed by atoms with Crippen LogP contribution < -0.4 is 23.7 Å². The number of hydrogen-bond acceptors (Lipinski definition) is 7. The first-order valence-corrected chi connectivity index (χ1v) is 14.3. The summed E-state index contributed by atoms with van der Waals surface area (Å²) >= 11 is 0. The third-order valence-corrected chi connectivity index (χ3v) is 7.77. The van der Waals surface area contributed by atoms with E-state index in [1.165, 1.54) is 26.4 Å². The first kappa shape index (κ1) is 33.2. The van der Waals surface area contributed by atoms with Crippen LogP contribution in [0.25, 0.3) is 0 Å². The van der Waals surface area contributed by atoms with Crippen molar-refractivity contribution < 1.29 is 42.8 Å². The Kier molecular flexibility index (Phi) is 11.4. The molecule has 0 aliphatic carbocycles. The lowest BCUT2D eigenvalue weighted by atomic mass is 9.92. The lowest BCUT2D eigenvalue weighted by Crippen LogP contribution is -2.18. The summed E-state index contributed by atoms with van der Waals surface area (Å²) in [5.74, 6) is 0.102. The van der Waals surface area contributed by atoms with Crippen LogP contribution in [0.1, 0.15) is 79.8 Å². The van der Waals surface area contributed by atoms with Gasteiger partial charge in [0.1, 0.15) is 28.6 Å². The van der Waals surface area contributed by atoms with Gasteiger partial charge in [-0.25, -0.2) is 14.0 Å². The number of ether oxygens (including phenoxy) is 5. The molecule has 0 radical (unpaired) electrons. The number of unbranched alkanes of at least 4 members (excludes halogenated alkanes) is 3. The second kappa shape index (κ2) is 14.8. The van der Waals surface area contributed by atoms with Crippen molar-refractivity contribution >= 4 is 11.9 Å². The van der Waals surface area contributed by atoms with Gasteiger partial charge >= 0.3 is 11.9 Å². The second-order valence-electron chi connectivity index (χ2n) is 10.5. The van der Waals surface area contributed by atoms with Crippen molar-refractivity contribution in [2.24, 2.45) is 0 Å². The van der Waals surface area contributed by atoms with Gasteiger partial charge in [0.15, 0.2) is 11.5 Å². The Morgan fingerprint density at radius 1 is 0.628 bits per heavy atom. The van der Waals surface area contributed by atoms with Gasteiger partial charge in [0.2, 0.25) is 0 Å². The molecule has 43 heavy (non-hydrogen) atoms. The maximum absolute atomic E-state index is 13.6. The number of carbonyl (C=O) groups is 2. The molecule has 0 atom stereocenters. The molecular weight excluding hydrogens is 555 g/mol. The average Bonchev–Trinajstić information content (AvgIpc) is 2.97. The highest BCUT2D eigenvalue weighted by Gasteiger charge is 2.29. The molecular formula is C34H41FO8. The lowest BCUT2D eigenvalue weighted by Gasteiger charge is -2.22. The van der Waals surface area contributed by atoms with E-state index in [1.54, 1.807) is 32.9 Å². The first-order valence-electron chi connectivity index (χ1n) is 14.3. The molecule has 0 bridgehead atoms. The highest BCUT2D eigenvalue weighted by molar-refractivity contribution is 6.01.